The molecule has 1 saturated heterocycles. The van der Waals surface area contributed by atoms with Gasteiger partial charge < -0.3 is 4.74 Å². The second kappa shape index (κ2) is 5.65. The van der Waals surface area contributed by atoms with Crippen molar-refractivity contribution in [2.75, 3.05) is 6.61 Å². The van der Waals surface area contributed by atoms with Crippen LogP contribution in [0.1, 0.15) is 43.1 Å². The van der Waals surface area contributed by atoms with Crippen LogP contribution in [0.3, 0.4) is 0 Å². The summed E-state index contributed by atoms with van der Waals surface area (Å²) >= 11 is 6.02. The highest BCUT2D eigenvalue weighted by Gasteiger charge is 2.23. The van der Waals surface area contributed by atoms with Gasteiger partial charge >= 0.3 is 0 Å². The normalized spacial score (nSPS) is 19.8. The van der Waals surface area contributed by atoms with Crippen LogP contribution in [0.25, 0.3) is 0 Å². The lowest BCUT2D eigenvalue weighted by Crippen LogP contribution is -2.17. The molecule has 1 aromatic rings. The number of aromatic nitrogens is 2. The van der Waals surface area contributed by atoms with Gasteiger partial charge in [-0.1, -0.05) is 18.5 Å². The van der Waals surface area contributed by atoms with E-state index in [0.717, 1.165) is 32.4 Å². The standard InChI is InChI=1S/C12H17ClN2O2/c1-2-5-15-12(10(13)8-14-15)11(16)7-9-4-3-6-17-9/h8-9H,2-7H2,1H3. The summed E-state index contributed by atoms with van der Waals surface area (Å²) in [6.45, 7) is 3.53. The Hall–Kier alpha value is -0.870. The summed E-state index contributed by atoms with van der Waals surface area (Å²) in [4.78, 5) is 12.2. The first-order chi connectivity index (χ1) is 8.22. The molecule has 0 aromatic carbocycles. The number of ether oxygens (including phenoxy) is 1. The second-order valence-electron chi connectivity index (χ2n) is 4.33. The summed E-state index contributed by atoms with van der Waals surface area (Å²) in [6, 6.07) is 0. The van der Waals surface area contributed by atoms with Gasteiger partial charge in [0, 0.05) is 19.6 Å². The Bertz CT molecular complexity index is 397. The van der Waals surface area contributed by atoms with Crippen molar-refractivity contribution in [1.82, 2.24) is 9.78 Å². The maximum absolute atomic E-state index is 12.2. The molecule has 94 valence electrons. The van der Waals surface area contributed by atoms with Crippen molar-refractivity contribution in [1.29, 1.82) is 0 Å². The summed E-state index contributed by atoms with van der Waals surface area (Å²) in [7, 11) is 0. The number of ketones is 1. The van der Waals surface area contributed by atoms with E-state index in [4.69, 9.17) is 16.3 Å². The quantitative estimate of drug-likeness (QED) is 0.761. The van der Waals surface area contributed by atoms with E-state index in [2.05, 4.69) is 5.10 Å². The van der Waals surface area contributed by atoms with Gasteiger partial charge in [0.2, 0.25) is 0 Å². The molecule has 1 unspecified atom stereocenters. The number of rotatable bonds is 5. The number of hydrogen-bond acceptors (Lipinski definition) is 3. The van der Waals surface area contributed by atoms with E-state index < -0.39 is 0 Å². The van der Waals surface area contributed by atoms with Crippen LogP contribution >= 0.6 is 11.6 Å². The monoisotopic (exact) mass is 256 g/mol. The lowest BCUT2D eigenvalue weighted by molar-refractivity contribution is 0.0767. The number of nitrogens with zero attached hydrogens (tertiary/aromatic N) is 2. The Labute approximate surface area is 106 Å². The van der Waals surface area contributed by atoms with E-state index in [1.54, 1.807) is 10.9 Å². The average molecular weight is 257 g/mol. The van der Waals surface area contributed by atoms with Gasteiger partial charge in [-0.2, -0.15) is 5.10 Å². The third-order valence-corrected chi connectivity index (χ3v) is 3.21. The first kappa shape index (κ1) is 12.6. The number of aryl methyl sites for hydroxylation is 1. The molecule has 0 amide bonds. The lowest BCUT2D eigenvalue weighted by atomic mass is 10.1. The van der Waals surface area contributed by atoms with Crippen molar-refractivity contribution >= 4 is 17.4 Å². The van der Waals surface area contributed by atoms with Crippen molar-refractivity contribution in [3.8, 4) is 0 Å². The molecule has 0 radical (unpaired) electrons. The van der Waals surface area contributed by atoms with Gasteiger partial charge in [-0.3, -0.25) is 9.48 Å². The van der Waals surface area contributed by atoms with E-state index >= 15 is 0 Å². The highest BCUT2D eigenvalue weighted by molar-refractivity contribution is 6.33. The summed E-state index contributed by atoms with van der Waals surface area (Å²) in [5.74, 6) is 0.0350. The third-order valence-electron chi connectivity index (χ3n) is 2.93. The summed E-state index contributed by atoms with van der Waals surface area (Å²) in [5.41, 5.74) is 0.531. The minimum Gasteiger partial charge on any atom is -0.378 e. The number of carbonyl (C=O) groups is 1. The van der Waals surface area contributed by atoms with Crippen LogP contribution in [0.15, 0.2) is 6.20 Å². The molecule has 4 nitrogen and oxygen atoms in total. The van der Waals surface area contributed by atoms with E-state index in [1.165, 1.54) is 0 Å². The van der Waals surface area contributed by atoms with Gasteiger partial charge in [0.15, 0.2) is 5.78 Å². The van der Waals surface area contributed by atoms with Crippen LogP contribution in [0.4, 0.5) is 0 Å². The Morgan fingerprint density at radius 2 is 2.53 bits per heavy atom. The molecule has 5 heteroatoms. The second-order valence-corrected chi connectivity index (χ2v) is 4.73. The fourth-order valence-electron chi connectivity index (χ4n) is 2.13. The molecule has 17 heavy (non-hydrogen) atoms. The Morgan fingerprint density at radius 3 is 3.18 bits per heavy atom. The maximum Gasteiger partial charge on any atom is 0.184 e. The largest absolute Gasteiger partial charge is 0.378 e. The maximum atomic E-state index is 12.2. The SMILES string of the molecule is CCCn1ncc(Cl)c1C(=O)CC1CCCO1. The first-order valence-electron chi connectivity index (χ1n) is 6.08. The molecule has 1 aromatic heterocycles. The van der Waals surface area contributed by atoms with Crippen molar-refractivity contribution < 1.29 is 9.53 Å². The predicted molar refractivity (Wildman–Crippen MR) is 65.4 cm³/mol. The highest BCUT2D eigenvalue weighted by atomic mass is 35.5. The summed E-state index contributed by atoms with van der Waals surface area (Å²) < 4.78 is 7.16. The van der Waals surface area contributed by atoms with Crippen LogP contribution in [0.5, 0.6) is 0 Å². The number of hydrogen-bond donors (Lipinski definition) is 0. The minimum atomic E-state index is 0.0350. The average Bonchev–Trinajstić information content (AvgIpc) is 2.89. The molecule has 2 heterocycles. The number of carbonyl (C=O) groups excluding carboxylic acids is 1. The molecule has 0 saturated carbocycles. The van der Waals surface area contributed by atoms with Gasteiger partial charge in [0.1, 0.15) is 5.69 Å². The summed E-state index contributed by atoms with van der Waals surface area (Å²) in [5, 5.41) is 4.57. The smallest absolute Gasteiger partial charge is 0.184 e. The van der Waals surface area contributed by atoms with Crippen molar-refractivity contribution in [2.45, 2.75) is 45.3 Å². The molecule has 0 N–H and O–H groups in total. The van der Waals surface area contributed by atoms with Crippen molar-refractivity contribution in [3.63, 3.8) is 0 Å². The van der Waals surface area contributed by atoms with Gasteiger partial charge in [0.25, 0.3) is 0 Å². The van der Waals surface area contributed by atoms with Gasteiger partial charge in [-0.15, -0.1) is 0 Å². The molecular weight excluding hydrogens is 240 g/mol. The summed E-state index contributed by atoms with van der Waals surface area (Å²) in [6.07, 6.45) is 4.95. The number of halogens is 1. The van der Waals surface area contributed by atoms with Crippen LogP contribution in [0.2, 0.25) is 5.02 Å². The van der Waals surface area contributed by atoms with E-state index in [-0.39, 0.29) is 11.9 Å². The fourth-order valence-corrected chi connectivity index (χ4v) is 2.38. The van der Waals surface area contributed by atoms with Gasteiger partial charge in [-0.05, 0) is 19.3 Å². The van der Waals surface area contributed by atoms with Crippen LogP contribution in [-0.4, -0.2) is 28.3 Å². The van der Waals surface area contributed by atoms with Crippen LogP contribution in [0, 0.1) is 0 Å². The van der Waals surface area contributed by atoms with E-state index in [1.807, 2.05) is 6.92 Å². The van der Waals surface area contributed by atoms with Crippen molar-refractivity contribution in [3.05, 3.63) is 16.9 Å². The molecule has 2 rings (SSSR count). The lowest BCUT2D eigenvalue weighted by Gasteiger charge is -2.10. The zero-order chi connectivity index (χ0) is 12.3. The molecule has 0 spiro atoms. The van der Waals surface area contributed by atoms with Gasteiger partial charge in [0.05, 0.1) is 17.3 Å². The van der Waals surface area contributed by atoms with E-state index in [9.17, 15) is 4.79 Å². The molecular formula is C12H17ClN2O2. The molecule has 1 aliphatic heterocycles. The molecule has 1 fully saturated rings. The fraction of sp³-hybridized carbons (Fsp3) is 0.667. The van der Waals surface area contributed by atoms with E-state index in [0.29, 0.717) is 17.1 Å². The Morgan fingerprint density at radius 1 is 1.71 bits per heavy atom. The molecule has 0 bridgehead atoms. The zero-order valence-corrected chi connectivity index (χ0v) is 10.7. The Kier molecular flexibility index (Phi) is 4.18. The minimum absolute atomic E-state index is 0.0350. The Balaban J connectivity index is 2.09. The highest BCUT2D eigenvalue weighted by Crippen LogP contribution is 2.22. The molecule has 0 aliphatic carbocycles. The predicted octanol–water partition coefficient (Wildman–Crippen LogP) is 2.70. The van der Waals surface area contributed by atoms with Crippen LogP contribution in [-0.2, 0) is 11.3 Å². The first-order valence-corrected chi connectivity index (χ1v) is 6.46. The zero-order valence-electron chi connectivity index (χ0n) is 9.99. The third kappa shape index (κ3) is 2.87. The number of Topliss-reactive ketones (excluding diaryl/α,β-unsaturated/α-hetero) is 1. The van der Waals surface area contributed by atoms with Crippen molar-refractivity contribution in [2.24, 2.45) is 0 Å². The molecule has 1 aliphatic rings. The molecule has 1 atom stereocenters. The topological polar surface area (TPSA) is 44.1 Å². The van der Waals surface area contributed by atoms with Gasteiger partial charge in [-0.25, -0.2) is 0 Å². The van der Waals surface area contributed by atoms with Crippen LogP contribution < -0.4 is 0 Å².